The zero-order chi connectivity index (χ0) is 17.9. The van der Waals surface area contributed by atoms with Crippen LogP contribution in [-0.4, -0.2) is 35.6 Å². The lowest BCUT2D eigenvalue weighted by Gasteiger charge is -2.41. The van der Waals surface area contributed by atoms with Crippen LogP contribution in [-0.2, 0) is 6.42 Å². The number of nitrogens with zero attached hydrogens (tertiary/aromatic N) is 1. The summed E-state index contributed by atoms with van der Waals surface area (Å²) in [6.45, 7) is 3.59. The van der Waals surface area contributed by atoms with E-state index in [1.807, 2.05) is 48.2 Å². The summed E-state index contributed by atoms with van der Waals surface area (Å²) < 4.78 is 1.12. The van der Waals surface area contributed by atoms with Gasteiger partial charge < -0.3 is 10.0 Å². The minimum atomic E-state index is -0.113. The van der Waals surface area contributed by atoms with Gasteiger partial charge in [0.15, 0.2) is 0 Å². The lowest BCUT2D eigenvalue weighted by atomic mass is 9.74. The number of rotatable bonds is 4. The molecular weight excluding hydrogens is 425 g/mol. The van der Waals surface area contributed by atoms with E-state index in [0.29, 0.717) is 13.1 Å². The van der Waals surface area contributed by atoms with Gasteiger partial charge in [0.25, 0.3) is 5.91 Å². The quantitative estimate of drug-likeness (QED) is 0.716. The number of benzene rings is 2. The van der Waals surface area contributed by atoms with Crippen molar-refractivity contribution < 1.29 is 9.90 Å². The van der Waals surface area contributed by atoms with Gasteiger partial charge in [-0.15, -0.1) is 0 Å². The van der Waals surface area contributed by atoms with E-state index >= 15 is 0 Å². The molecule has 1 N–H and O–H groups in total. The first-order valence-corrected chi connectivity index (χ1v) is 9.82. The van der Waals surface area contributed by atoms with Gasteiger partial charge in [-0.25, -0.2) is 0 Å². The highest BCUT2D eigenvalue weighted by atomic mass is 127. The van der Waals surface area contributed by atoms with Crippen LogP contribution in [0.3, 0.4) is 0 Å². The van der Waals surface area contributed by atoms with E-state index in [1.54, 1.807) is 0 Å². The molecule has 0 aromatic heterocycles. The van der Waals surface area contributed by atoms with Crippen molar-refractivity contribution >= 4 is 28.5 Å². The third-order valence-electron chi connectivity index (χ3n) is 5.37. The molecule has 1 amide bonds. The third kappa shape index (κ3) is 4.06. The maximum Gasteiger partial charge on any atom is 0.254 e. The number of hydrogen-bond donors (Lipinski definition) is 1. The fourth-order valence-electron chi connectivity index (χ4n) is 3.61. The second-order valence-electron chi connectivity index (χ2n) is 7.03. The Bertz CT molecular complexity index is 737. The van der Waals surface area contributed by atoms with Crippen molar-refractivity contribution in [3.63, 3.8) is 0 Å². The number of aliphatic hydroxyl groups excluding tert-OH is 1. The molecule has 2 aromatic rings. The Hall–Kier alpha value is -1.40. The van der Waals surface area contributed by atoms with E-state index in [0.717, 1.165) is 34.0 Å². The minimum Gasteiger partial charge on any atom is -0.396 e. The topological polar surface area (TPSA) is 40.5 Å². The molecule has 1 saturated heterocycles. The number of carbonyl (C=O) groups excluding carboxylic acids is 1. The van der Waals surface area contributed by atoms with Gasteiger partial charge >= 0.3 is 0 Å². The number of hydrogen-bond acceptors (Lipinski definition) is 2. The molecule has 0 aliphatic carbocycles. The molecule has 132 valence electrons. The predicted octanol–water partition coefficient (Wildman–Crippen LogP) is 4.06. The van der Waals surface area contributed by atoms with Crippen LogP contribution in [0.4, 0.5) is 0 Å². The molecule has 1 fully saturated rings. The van der Waals surface area contributed by atoms with Gasteiger partial charge in [0, 0.05) is 34.2 Å². The molecule has 0 atom stereocenters. The fourth-order valence-corrected chi connectivity index (χ4v) is 4.11. The zero-order valence-corrected chi connectivity index (χ0v) is 16.7. The maximum atomic E-state index is 12.9. The molecule has 0 spiro atoms. The highest BCUT2D eigenvalue weighted by Gasteiger charge is 2.36. The average molecular weight is 449 g/mol. The summed E-state index contributed by atoms with van der Waals surface area (Å²) in [6, 6.07) is 16.2. The lowest BCUT2D eigenvalue weighted by Crippen LogP contribution is -2.45. The summed E-state index contributed by atoms with van der Waals surface area (Å²) in [5, 5.41) is 10.0. The Balaban J connectivity index is 1.70. The molecule has 3 nitrogen and oxygen atoms in total. The van der Waals surface area contributed by atoms with Crippen LogP contribution >= 0.6 is 22.6 Å². The number of piperidine rings is 1. The Morgan fingerprint density at radius 2 is 1.80 bits per heavy atom. The summed E-state index contributed by atoms with van der Waals surface area (Å²) >= 11 is 2.27. The van der Waals surface area contributed by atoms with Crippen molar-refractivity contribution in [2.24, 2.45) is 5.41 Å². The maximum absolute atomic E-state index is 12.9. The molecule has 4 heteroatoms. The summed E-state index contributed by atoms with van der Waals surface area (Å²) in [5.74, 6) is 0.113. The van der Waals surface area contributed by atoms with Crippen molar-refractivity contribution in [3.05, 3.63) is 68.8 Å². The Kier molecular flexibility index (Phi) is 5.79. The molecule has 0 radical (unpaired) electrons. The van der Waals surface area contributed by atoms with Crippen LogP contribution in [0.1, 0.15) is 34.3 Å². The smallest absolute Gasteiger partial charge is 0.254 e. The Morgan fingerprint density at radius 3 is 2.44 bits per heavy atom. The van der Waals surface area contributed by atoms with E-state index in [2.05, 4.69) is 34.7 Å². The van der Waals surface area contributed by atoms with Crippen molar-refractivity contribution in [1.82, 2.24) is 4.90 Å². The first-order chi connectivity index (χ1) is 12.0. The molecular formula is C21H24INO2. The third-order valence-corrected chi connectivity index (χ3v) is 6.54. The van der Waals surface area contributed by atoms with Crippen LogP contribution in [0, 0.1) is 15.9 Å². The standard InChI is InChI=1S/C21H24INO2/c1-16-18(8-5-9-19(16)22)20(25)23-12-10-21(15-24,11-13-23)14-17-6-3-2-4-7-17/h2-9,24H,10-15H2,1H3. The van der Waals surface area contributed by atoms with Gasteiger partial charge in [0.05, 0.1) is 0 Å². The van der Waals surface area contributed by atoms with Crippen LogP contribution < -0.4 is 0 Å². The summed E-state index contributed by atoms with van der Waals surface area (Å²) in [4.78, 5) is 14.8. The Labute approximate surface area is 163 Å². The van der Waals surface area contributed by atoms with Gasteiger partial charge in [-0.3, -0.25) is 4.79 Å². The highest BCUT2D eigenvalue weighted by molar-refractivity contribution is 14.1. The molecule has 1 aliphatic rings. The molecule has 1 heterocycles. The van der Waals surface area contributed by atoms with E-state index in [1.165, 1.54) is 5.56 Å². The predicted molar refractivity (Wildman–Crippen MR) is 109 cm³/mol. The fraction of sp³-hybridized carbons (Fsp3) is 0.381. The zero-order valence-electron chi connectivity index (χ0n) is 14.5. The first kappa shape index (κ1) is 18.4. The summed E-state index contributed by atoms with van der Waals surface area (Å²) in [6.07, 6.45) is 2.55. The average Bonchev–Trinajstić information content (AvgIpc) is 2.65. The van der Waals surface area contributed by atoms with Crippen molar-refractivity contribution in [3.8, 4) is 0 Å². The van der Waals surface area contributed by atoms with Gasteiger partial charge in [0.1, 0.15) is 0 Å². The van der Waals surface area contributed by atoms with E-state index in [-0.39, 0.29) is 17.9 Å². The lowest BCUT2D eigenvalue weighted by molar-refractivity contribution is 0.0358. The normalized spacial score (nSPS) is 16.7. The molecule has 0 bridgehead atoms. The number of halogens is 1. The van der Waals surface area contributed by atoms with Crippen molar-refractivity contribution in [1.29, 1.82) is 0 Å². The monoisotopic (exact) mass is 449 g/mol. The van der Waals surface area contributed by atoms with Crippen LogP contribution in [0.15, 0.2) is 48.5 Å². The van der Waals surface area contributed by atoms with E-state index < -0.39 is 0 Å². The van der Waals surface area contributed by atoms with E-state index in [9.17, 15) is 9.90 Å². The van der Waals surface area contributed by atoms with Crippen LogP contribution in [0.25, 0.3) is 0 Å². The van der Waals surface area contributed by atoms with Gasteiger partial charge in [-0.1, -0.05) is 36.4 Å². The summed E-state index contributed by atoms with van der Waals surface area (Å²) in [5.41, 5.74) is 2.99. The number of carbonyl (C=O) groups is 1. The number of amides is 1. The second kappa shape index (κ2) is 7.87. The van der Waals surface area contributed by atoms with Gasteiger partial charge in [-0.2, -0.15) is 0 Å². The molecule has 0 saturated carbocycles. The van der Waals surface area contributed by atoms with Crippen LogP contribution in [0.2, 0.25) is 0 Å². The highest BCUT2D eigenvalue weighted by Crippen LogP contribution is 2.35. The van der Waals surface area contributed by atoms with Gasteiger partial charge in [-0.05, 0) is 72.0 Å². The van der Waals surface area contributed by atoms with Crippen LogP contribution in [0.5, 0.6) is 0 Å². The first-order valence-electron chi connectivity index (χ1n) is 8.74. The molecule has 2 aromatic carbocycles. The summed E-state index contributed by atoms with van der Waals surface area (Å²) in [7, 11) is 0. The Morgan fingerprint density at radius 1 is 1.12 bits per heavy atom. The number of aliphatic hydroxyl groups is 1. The molecule has 25 heavy (non-hydrogen) atoms. The van der Waals surface area contributed by atoms with Crippen molar-refractivity contribution in [2.45, 2.75) is 26.2 Å². The SMILES string of the molecule is Cc1c(I)cccc1C(=O)N1CCC(CO)(Cc2ccccc2)CC1. The largest absolute Gasteiger partial charge is 0.396 e. The van der Waals surface area contributed by atoms with Crippen molar-refractivity contribution in [2.75, 3.05) is 19.7 Å². The minimum absolute atomic E-state index is 0.113. The van der Waals surface area contributed by atoms with E-state index in [4.69, 9.17) is 0 Å². The molecule has 3 rings (SSSR count). The van der Waals surface area contributed by atoms with Gasteiger partial charge in [0.2, 0.25) is 0 Å². The molecule has 0 unspecified atom stereocenters. The second-order valence-corrected chi connectivity index (χ2v) is 8.19. The number of likely N-dealkylation sites (tertiary alicyclic amines) is 1. The molecule has 1 aliphatic heterocycles.